The minimum Gasteiger partial charge on any atom is -0.495 e. The van der Waals surface area contributed by atoms with Gasteiger partial charge in [0.2, 0.25) is 10.0 Å². The molecule has 1 unspecified atom stereocenters. The second-order valence-corrected chi connectivity index (χ2v) is 7.49. The lowest BCUT2D eigenvalue weighted by Crippen LogP contribution is -2.33. The molecule has 1 aromatic carbocycles. The first-order valence-corrected chi connectivity index (χ1v) is 9.65. The van der Waals surface area contributed by atoms with Crippen LogP contribution in [0.2, 0.25) is 0 Å². The molecule has 0 fully saturated rings. The molecule has 0 heterocycles. The Morgan fingerprint density at radius 2 is 2.10 bits per heavy atom. The van der Waals surface area contributed by atoms with E-state index in [0.717, 1.165) is 17.7 Å². The predicted octanol–water partition coefficient (Wildman–Crippen LogP) is 1.83. The number of benzene rings is 1. The maximum Gasteiger partial charge on any atom is 0.244 e. The fraction of sp³-hybridized carbons (Fsp3) is 0.571. The molecule has 5 nitrogen and oxygen atoms in total. The van der Waals surface area contributed by atoms with Crippen molar-refractivity contribution in [2.45, 2.75) is 30.8 Å². The second kappa shape index (κ2) is 8.63. The van der Waals surface area contributed by atoms with Crippen LogP contribution >= 0.6 is 11.8 Å². The molecule has 120 valence electrons. The fourth-order valence-electron chi connectivity index (χ4n) is 1.93. The number of hydrogen-bond donors (Lipinski definition) is 2. The first-order valence-electron chi connectivity index (χ1n) is 6.77. The van der Waals surface area contributed by atoms with Crippen molar-refractivity contribution in [2.24, 2.45) is 0 Å². The SMILES string of the molecule is CNCc1ccc(OC)c(S(=O)(=O)NC(C)CCSC)c1. The average Bonchev–Trinajstić information content (AvgIpc) is 2.45. The smallest absolute Gasteiger partial charge is 0.244 e. The van der Waals surface area contributed by atoms with E-state index in [1.54, 1.807) is 23.9 Å². The molecule has 0 saturated carbocycles. The molecule has 7 heteroatoms. The molecule has 0 aliphatic rings. The van der Waals surface area contributed by atoms with E-state index < -0.39 is 10.0 Å². The highest BCUT2D eigenvalue weighted by molar-refractivity contribution is 7.98. The maximum atomic E-state index is 12.5. The fourth-order valence-corrected chi connectivity index (χ4v) is 4.01. The number of methoxy groups -OCH3 is 1. The molecule has 1 atom stereocenters. The van der Waals surface area contributed by atoms with Crippen LogP contribution in [0.5, 0.6) is 5.75 Å². The highest BCUT2D eigenvalue weighted by Crippen LogP contribution is 2.25. The summed E-state index contributed by atoms with van der Waals surface area (Å²) < 4.78 is 32.9. The van der Waals surface area contributed by atoms with Gasteiger partial charge in [-0.05, 0) is 50.1 Å². The zero-order chi connectivity index (χ0) is 15.9. The van der Waals surface area contributed by atoms with Crippen LogP contribution in [0.1, 0.15) is 18.9 Å². The highest BCUT2D eigenvalue weighted by Gasteiger charge is 2.22. The number of ether oxygens (including phenoxy) is 1. The zero-order valence-corrected chi connectivity index (χ0v) is 14.6. The van der Waals surface area contributed by atoms with Gasteiger partial charge in [-0.25, -0.2) is 13.1 Å². The lowest BCUT2D eigenvalue weighted by Gasteiger charge is -2.16. The molecule has 1 rings (SSSR count). The molecule has 21 heavy (non-hydrogen) atoms. The van der Waals surface area contributed by atoms with E-state index in [1.807, 2.05) is 26.3 Å². The van der Waals surface area contributed by atoms with Gasteiger partial charge in [-0.1, -0.05) is 6.07 Å². The molecule has 1 aromatic rings. The standard InChI is InChI=1S/C14H24N2O3S2/c1-11(7-8-20-4)16-21(17,18)14-9-12(10-15-2)5-6-13(14)19-3/h5-6,9,11,15-16H,7-8,10H2,1-4H3. The van der Waals surface area contributed by atoms with Gasteiger partial charge < -0.3 is 10.1 Å². The highest BCUT2D eigenvalue weighted by atomic mass is 32.2. The molecular weight excluding hydrogens is 308 g/mol. The van der Waals surface area contributed by atoms with Gasteiger partial charge in [0.15, 0.2) is 0 Å². The zero-order valence-electron chi connectivity index (χ0n) is 13.0. The summed E-state index contributed by atoms with van der Waals surface area (Å²) in [6.45, 7) is 2.48. The van der Waals surface area contributed by atoms with Crippen molar-refractivity contribution in [1.29, 1.82) is 0 Å². The predicted molar refractivity (Wildman–Crippen MR) is 88.5 cm³/mol. The summed E-state index contributed by atoms with van der Waals surface area (Å²) in [6.07, 6.45) is 2.80. The minimum atomic E-state index is -3.59. The van der Waals surface area contributed by atoms with Gasteiger partial charge in [-0.3, -0.25) is 0 Å². The van der Waals surface area contributed by atoms with Crippen LogP contribution in [-0.4, -0.2) is 40.6 Å². The lowest BCUT2D eigenvalue weighted by molar-refractivity contribution is 0.401. The normalized spacial score (nSPS) is 13.1. The Kier molecular flexibility index (Phi) is 7.51. The molecule has 0 amide bonds. The summed E-state index contributed by atoms with van der Waals surface area (Å²) in [5, 5.41) is 3.01. The van der Waals surface area contributed by atoms with Gasteiger partial charge in [0.25, 0.3) is 0 Å². The van der Waals surface area contributed by atoms with E-state index in [4.69, 9.17) is 4.74 Å². The van der Waals surface area contributed by atoms with E-state index in [1.165, 1.54) is 7.11 Å². The van der Waals surface area contributed by atoms with Gasteiger partial charge in [0.1, 0.15) is 10.6 Å². The number of nitrogens with one attached hydrogen (secondary N) is 2. The molecule has 0 saturated heterocycles. The summed E-state index contributed by atoms with van der Waals surface area (Å²) >= 11 is 1.70. The molecular formula is C14H24N2O3S2. The Morgan fingerprint density at radius 1 is 1.38 bits per heavy atom. The lowest BCUT2D eigenvalue weighted by atomic mass is 10.2. The van der Waals surface area contributed by atoms with Gasteiger partial charge in [-0.15, -0.1) is 0 Å². The summed E-state index contributed by atoms with van der Waals surface area (Å²) in [5.41, 5.74) is 0.899. The Morgan fingerprint density at radius 3 is 2.67 bits per heavy atom. The van der Waals surface area contributed by atoms with E-state index >= 15 is 0 Å². The molecule has 2 N–H and O–H groups in total. The minimum absolute atomic E-state index is 0.111. The van der Waals surface area contributed by atoms with E-state index in [0.29, 0.717) is 12.3 Å². The number of thioether (sulfide) groups is 1. The van der Waals surface area contributed by atoms with Crippen LogP contribution in [0.4, 0.5) is 0 Å². The third-order valence-electron chi connectivity index (χ3n) is 3.01. The van der Waals surface area contributed by atoms with Gasteiger partial charge >= 0.3 is 0 Å². The topological polar surface area (TPSA) is 67.4 Å². The van der Waals surface area contributed by atoms with Gasteiger partial charge in [0.05, 0.1) is 7.11 Å². The first-order chi connectivity index (χ1) is 9.94. The van der Waals surface area contributed by atoms with Crippen molar-refractivity contribution in [3.8, 4) is 5.75 Å². The molecule has 0 aliphatic heterocycles. The van der Waals surface area contributed by atoms with Crippen molar-refractivity contribution >= 4 is 21.8 Å². The Labute approximate surface area is 131 Å². The summed E-state index contributed by atoms with van der Waals surface area (Å²) in [5.74, 6) is 1.28. The van der Waals surface area contributed by atoms with Crippen LogP contribution < -0.4 is 14.8 Å². The Hall–Kier alpha value is -0.760. The van der Waals surface area contributed by atoms with Crippen LogP contribution in [0.25, 0.3) is 0 Å². The summed E-state index contributed by atoms with van der Waals surface area (Å²) in [4.78, 5) is 0.189. The maximum absolute atomic E-state index is 12.5. The number of sulfonamides is 1. The number of rotatable bonds is 9. The van der Waals surface area contributed by atoms with Crippen molar-refractivity contribution in [3.05, 3.63) is 23.8 Å². The summed E-state index contributed by atoms with van der Waals surface area (Å²) in [7, 11) is -0.290. The number of hydrogen-bond acceptors (Lipinski definition) is 5. The van der Waals surface area contributed by atoms with Crippen molar-refractivity contribution in [1.82, 2.24) is 10.0 Å². The van der Waals surface area contributed by atoms with Gasteiger partial charge in [0, 0.05) is 12.6 Å². The van der Waals surface area contributed by atoms with Crippen LogP contribution in [-0.2, 0) is 16.6 Å². The second-order valence-electron chi connectivity index (χ2n) is 4.82. The van der Waals surface area contributed by atoms with E-state index in [2.05, 4.69) is 10.0 Å². The average molecular weight is 332 g/mol. The van der Waals surface area contributed by atoms with Crippen molar-refractivity contribution in [3.63, 3.8) is 0 Å². The largest absolute Gasteiger partial charge is 0.495 e. The van der Waals surface area contributed by atoms with E-state index in [9.17, 15) is 8.42 Å². The van der Waals surface area contributed by atoms with Crippen molar-refractivity contribution < 1.29 is 13.2 Å². The van der Waals surface area contributed by atoms with Crippen LogP contribution in [0.3, 0.4) is 0 Å². The first kappa shape index (κ1) is 18.3. The molecule has 0 aromatic heterocycles. The van der Waals surface area contributed by atoms with Gasteiger partial charge in [-0.2, -0.15) is 11.8 Å². The van der Waals surface area contributed by atoms with Crippen molar-refractivity contribution in [2.75, 3.05) is 26.2 Å². The van der Waals surface area contributed by atoms with Crippen LogP contribution in [0, 0.1) is 0 Å². The molecule has 0 radical (unpaired) electrons. The third-order valence-corrected chi connectivity index (χ3v) is 5.26. The van der Waals surface area contributed by atoms with Crippen LogP contribution in [0.15, 0.2) is 23.1 Å². The molecule has 0 spiro atoms. The molecule has 0 aliphatic carbocycles. The quantitative estimate of drug-likeness (QED) is 0.722. The monoisotopic (exact) mass is 332 g/mol. The Bertz CT molecular complexity index is 547. The summed E-state index contributed by atoms with van der Waals surface area (Å²) in [6, 6.07) is 5.08. The molecule has 0 bridgehead atoms. The third kappa shape index (κ3) is 5.50. The van der Waals surface area contributed by atoms with E-state index in [-0.39, 0.29) is 10.9 Å². The Balaban J connectivity index is 3.02.